The largest absolute Gasteiger partial charge is 0.481 e. The Hall–Kier alpha value is -3.35. The zero-order chi connectivity index (χ0) is 24.8. The first-order valence-corrected chi connectivity index (χ1v) is 12.6. The van der Waals surface area contributed by atoms with E-state index in [0.29, 0.717) is 6.42 Å². The molecule has 1 fully saturated rings. The summed E-state index contributed by atoms with van der Waals surface area (Å²) in [5, 5.41) is 15.0. The molecule has 1 saturated carbocycles. The van der Waals surface area contributed by atoms with Crippen LogP contribution in [-0.2, 0) is 14.3 Å². The molecular formula is C28H34N2O5. The fourth-order valence-corrected chi connectivity index (χ4v) is 5.45. The van der Waals surface area contributed by atoms with Crippen LogP contribution in [0, 0.1) is 11.8 Å². The van der Waals surface area contributed by atoms with Gasteiger partial charge in [-0.2, -0.15) is 0 Å². The normalized spacial score (nSPS) is 19.8. The summed E-state index contributed by atoms with van der Waals surface area (Å²) in [6.07, 6.45) is 3.66. The lowest BCUT2D eigenvalue weighted by molar-refractivity contribution is -0.139. The predicted molar refractivity (Wildman–Crippen MR) is 133 cm³/mol. The van der Waals surface area contributed by atoms with Crippen molar-refractivity contribution in [2.24, 2.45) is 11.8 Å². The van der Waals surface area contributed by atoms with E-state index in [-0.39, 0.29) is 43.4 Å². The van der Waals surface area contributed by atoms with E-state index in [1.165, 1.54) is 11.1 Å². The lowest BCUT2D eigenvalue weighted by atomic mass is 9.82. The number of carbonyl (C=O) groups is 3. The standard InChI is InChI=1S/C28H34N2O5/c1-2-18(27(33)30-25-14-8-3-9-19(25)15-26(31)32)16-29-28(34)35-17-24-22-12-6-4-10-20(22)21-11-5-7-13-23(21)24/h4-7,10-13,18-19,24-25H,2-3,8-9,14-17H2,1H3,(H,29,34)(H,30,33)(H,31,32)/t18?,19-,25-/m0/s1. The van der Waals surface area contributed by atoms with Crippen LogP contribution in [0.15, 0.2) is 48.5 Å². The van der Waals surface area contributed by atoms with Crippen LogP contribution in [0.2, 0.25) is 0 Å². The highest BCUT2D eigenvalue weighted by molar-refractivity contribution is 5.80. The first-order chi connectivity index (χ1) is 17.0. The molecule has 2 aromatic rings. The number of alkyl carbamates (subject to hydrolysis) is 1. The molecule has 3 N–H and O–H groups in total. The van der Waals surface area contributed by atoms with E-state index >= 15 is 0 Å². The van der Waals surface area contributed by atoms with Crippen LogP contribution in [-0.4, -0.2) is 42.3 Å². The molecule has 1 unspecified atom stereocenters. The monoisotopic (exact) mass is 478 g/mol. The minimum absolute atomic E-state index is 0.0177. The number of hydrogen-bond acceptors (Lipinski definition) is 4. The fourth-order valence-electron chi connectivity index (χ4n) is 5.45. The highest BCUT2D eigenvalue weighted by Gasteiger charge is 2.31. The van der Waals surface area contributed by atoms with E-state index in [1.54, 1.807) is 0 Å². The van der Waals surface area contributed by atoms with Crippen molar-refractivity contribution in [1.82, 2.24) is 10.6 Å². The molecule has 0 spiro atoms. The zero-order valence-corrected chi connectivity index (χ0v) is 20.2. The first-order valence-electron chi connectivity index (χ1n) is 12.6. The maximum atomic E-state index is 12.9. The molecule has 2 aliphatic carbocycles. The summed E-state index contributed by atoms with van der Waals surface area (Å²) >= 11 is 0. The van der Waals surface area contributed by atoms with Gasteiger partial charge in [-0.3, -0.25) is 9.59 Å². The second-order valence-electron chi connectivity index (χ2n) is 9.57. The number of aliphatic carboxylic acids is 1. The number of ether oxygens (including phenoxy) is 1. The van der Waals surface area contributed by atoms with E-state index in [4.69, 9.17) is 4.74 Å². The highest BCUT2D eigenvalue weighted by Crippen LogP contribution is 2.44. The van der Waals surface area contributed by atoms with Gasteiger partial charge >= 0.3 is 12.1 Å². The molecule has 0 aliphatic heterocycles. The second-order valence-corrected chi connectivity index (χ2v) is 9.57. The number of fused-ring (bicyclic) bond motifs is 3. The molecule has 4 rings (SSSR count). The highest BCUT2D eigenvalue weighted by atomic mass is 16.5. The van der Waals surface area contributed by atoms with E-state index < -0.39 is 18.0 Å². The molecule has 0 bridgehead atoms. The Balaban J connectivity index is 1.29. The summed E-state index contributed by atoms with van der Waals surface area (Å²) in [6, 6.07) is 16.2. The maximum Gasteiger partial charge on any atom is 0.407 e. The van der Waals surface area contributed by atoms with Gasteiger partial charge in [0, 0.05) is 18.5 Å². The van der Waals surface area contributed by atoms with Crippen molar-refractivity contribution in [3.63, 3.8) is 0 Å². The number of carbonyl (C=O) groups excluding carboxylic acids is 2. The van der Waals surface area contributed by atoms with Crippen LogP contribution in [0.5, 0.6) is 0 Å². The minimum Gasteiger partial charge on any atom is -0.481 e. The van der Waals surface area contributed by atoms with Crippen LogP contribution in [0.1, 0.15) is 62.5 Å². The van der Waals surface area contributed by atoms with Gasteiger partial charge in [-0.25, -0.2) is 4.79 Å². The van der Waals surface area contributed by atoms with Crippen molar-refractivity contribution in [2.75, 3.05) is 13.2 Å². The van der Waals surface area contributed by atoms with Crippen LogP contribution in [0.25, 0.3) is 11.1 Å². The maximum absolute atomic E-state index is 12.9. The molecule has 2 amide bonds. The molecule has 7 heteroatoms. The molecule has 0 radical (unpaired) electrons. The number of rotatable bonds is 9. The van der Waals surface area contributed by atoms with Crippen LogP contribution >= 0.6 is 0 Å². The molecule has 2 aliphatic rings. The number of carboxylic acids is 1. The quantitative estimate of drug-likeness (QED) is 0.485. The fraction of sp³-hybridized carbons (Fsp3) is 0.464. The summed E-state index contributed by atoms with van der Waals surface area (Å²) in [5.41, 5.74) is 4.64. The van der Waals surface area contributed by atoms with Crippen LogP contribution < -0.4 is 10.6 Å². The molecule has 0 aromatic heterocycles. The van der Waals surface area contributed by atoms with Crippen molar-refractivity contribution >= 4 is 18.0 Å². The van der Waals surface area contributed by atoms with Gasteiger partial charge in [0.2, 0.25) is 5.91 Å². The van der Waals surface area contributed by atoms with Gasteiger partial charge in [-0.05, 0) is 47.4 Å². The Labute approximate surface area is 206 Å². The first kappa shape index (κ1) is 24.8. The molecule has 186 valence electrons. The second kappa shape index (κ2) is 11.4. The minimum atomic E-state index is -0.833. The Kier molecular flexibility index (Phi) is 8.06. The third-order valence-electron chi connectivity index (χ3n) is 7.37. The van der Waals surface area contributed by atoms with E-state index in [2.05, 4.69) is 34.9 Å². The summed E-state index contributed by atoms with van der Waals surface area (Å²) in [4.78, 5) is 36.6. The predicted octanol–water partition coefficient (Wildman–Crippen LogP) is 4.70. The topological polar surface area (TPSA) is 105 Å². The molecular weight excluding hydrogens is 444 g/mol. The molecule has 35 heavy (non-hydrogen) atoms. The van der Waals surface area contributed by atoms with E-state index in [9.17, 15) is 19.5 Å². The van der Waals surface area contributed by atoms with Crippen molar-refractivity contribution in [3.8, 4) is 11.1 Å². The SMILES string of the molecule is CCC(CNC(=O)OCC1c2ccccc2-c2ccccc21)C(=O)N[C@H]1CCCC[C@H]1CC(=O)O. The number of carboxylic acid groups (broad SMARTS) is 1. The Morgan fingerprint density at radius 1 is 1.00 bits per heavy atom. The van der Waals surface area contributed by atoms with Crippen LogP contribution in [0.4, 0.5) is 4.79 Å². The summed E-state index contributed by atoms with van der Waals surface area (Å²) in [7, 11) is 0. The Morgan fingerprint density at radius 2 is 1.63 bits per heavy atom. The van der Waals surface area contributed by atoms with Crippen LogP contribution in [0.3, 0.4) is 0 Å². The molecule has 0 saturated heterocycles. The third-order valence-corrected chi connectivity index (χ3v) is 7.37. The third kappa shape index (κ3) is 5.84. The van der Waals surface area contributed by atoms with E-state index in [1.807, 2.05) is 31.2 Å². The number of benzene rings is 2. The van der Waals surface area contributed by atoms with Gasteiger partial charge in [0.25, 0.3) is 0 Å². The average Bonchev–Trinajstić information content (AvgIpc) is 3.18. The van der Waals surface area contributed by atoms with Crippen molar-refractivity contribution in [1.29, 1.82) is 0 Å². The van der Waals surface area contributed by atoms with Gasteiger partial charge in [0.15, 0.2) is 0 Å². The number of amides is 2. The molecule has 7 nitrogen and oxygen atoms in total. The summed E-state index contributed by atoms with van der Waals surface area (Å²) in [6.45, 7) is 2.30. The van der Waals surface area contributed by atoms with Gasteiger partial charge < -0.3 is 20.5 Å². The van der Waals surface area contributed by atoms with Gasteiger partial charge in [-0.15, -0.1) is 0 Å². The van der Waals surface area contributed by atoms with E-state index in [0.717, 1.165) is 36.8 Å². The van der Waals surface area contributed by atoms with Gasteiger partial charge in [-0.1, -0.05) is 68.3 Å². The van der Waals surface area contributed by atoms with Gasteiger partial charge in [0.1, 0.15) is 6.61 Å². The zero-order valence-electron chi connectivity index (χ0n) is 20.2. The smallest absolute Gasteiger partial charge is 0.407 e. The number of nitrogens with one attached hydrogen (secondary N) is 2. The summed E-state index contributed by atoms with van der Waals surface area (Å²) in [5.74, 6) is -1.44. The lowest BCUT2D eigenvalue weighted by Crippen LogP contribution is -2.47. The molecule has 2 aromatic carbocycles. The average molecular weight is 479 g/mol. The van der Waals surface area contributed by atoms with Gasteiger partial charge in [0.05, 0.1) is 12.3 Å². The molecule has 3 atom stereocenters. The molecule has 0 heterocycles. The summed E-state index contributed by atoms with van der Waals surface area (Å²) < 4.78 is 5.58. The van der Waals surface area contributed by atoms with Crippen molar-refractivity contribution in [3.05, 3.63) is 59.7 Å². The lowest BCUT2D eigenvalue weighted by Gasteiger charge is -2.32. The van der Waals surface area contributed by atoms with Crippen molar-refractivity contribution < 1.29 is 24.2 Å². The number of hydrogen-bond donors (Lipinski definition) is 3. The Bertz CT molecular complexity index is 1020. The van der Waals surface area contributed by atoms with Crippen molar-refractivity contribution in [2.45, 2.75) is 57.4 Å². The Morgan fingerprint density at radius 3 is 2.26 bits per heavy atom.